The van der Waals surface area contributed by atoms with Crippen LogP contribution < -0.4 is 5.32 Å². The zero-order valence-electron chi connectivity index (χ0n) is 16.1. The van der Waals surface area contributed by atoms with Gasteiger partial charge in [0.25, 0.3) is 5.91 Å². The first-order chi connectivity index (χ1) is 14.1. The van der Waals surface area contributed by atoms with E-state index in [0.29, 0.717) is 11.3 Å². The zero-order valence-corrected chi connectivity index (χ0v) is 16.1. The molecule has 1 amide bonds. The Labute approximate surface area is 168 Å². The third kappa shape index (κ3) is 4.19. The van der Waals surface area contributed by atoms with Crippen molar-refractivity contribution in [3.05, 3.63) is 90.0 Å². The molecule has 1 unspecified atom stereocenters. The van der Waals surface area contributed by atoms with Crippen LogP contribution in [-0.4, -0.2) is 31.1 Å². The van der Waals surface area contributed by atoms with Crippen LogP contribution in [0.1, 0.15) is 34.6 Å². The van der Waals surface area contributed by atoms with Crippen LogP contribution in [0.5, 0.6) is 0 Å². The Bertz CT molecular complexity index is 1110. The van der Waals surface area contributed by atoms with E-state index in [-0.39, 0.29) is 11.9 Å². The Kier molecular flexibility index (Phi) is 5.11. The number of hydrogen-bond acceptors (Lipinski definition) is 5. The molecule has 0 aliphatic heterocycles. The van der Waals surface area contributed by atoms with Gasteiger partial charge in [-0.05, 0) is 65.7 Å². The van der Waals surface area contributed by atoms with Gasteiger partial charge in [0.1, 0.15) is 6.33 Å². The number of nitrogens with one attached hydrogen (secondary N) is 1. The quantitative estimate of drug-likeness (QED) is 0.569. The van der Waals surface area contributed by atoms with Crippen molar-refractivity contribution in [3.8, 4) is 16.8 Å². The van der Waals surface area contributed by atoms with E-state index in [4.69, 9.17) is 0 Å². The smallest absolute Gasteiger partial charge is 0.251 e. The number of carbonyl (C=O) groups is 1. The van der Waals surface area contributed by atoms with E-state index in [1.807, 2.05) is 68.4 Å². The van der Waals surface area contributed by atoms with Crippen LogP contribution in [0.25, 0.3) is 16.8 Å². The first-order valence-corrected chi connectivity index (χ1v) is 9.27. The Morgan fingerprint density at radius 3 is 2.55 bits per heavy atom. The third-order valence-electron chi connectivity index (χ3n) is 4.66. The van der Waals surface area contributed by atoms with Crippen molar-refractivity contribution in [3.63, 3.8) is 0 Å². The van der Waals surface area contributed by atoms with Gasteiger partial charge in [0, 0.05) is 11.8 Å². The highest BCUT2D eigenvalue weighted by atomic mass is 16.1. The van der Waals surface area contributed by atoms with E-state index >= 15 is 0 Å². The lowest BCUT2D eigenvalue weighted by molar-refractivity contribution is 0.0939. The Morgan fingerprint density at radius 1 is 1.03 bits per heavy atom. The predicted octanol–water partition coefficient (Wildman–Crippen LogP) is 3.52. The summed E-state index contributed by atoms with van der Waals surface area (Å²) in [6.45, 7) is 3.95. The summed E-state index contributed by atoms with van der Waals surface area (Å²) < 4.78 is 1.54. The topological polar surface area (TPSA) is 85.6 Å². The number of aryl methyl sites for hydroxylation is 1. The Morgan fingerprint density at radius 2 is 1.86 bits per heavy atom. The average molecular weight is 384 g/mol. The normalized spacial score (nSPS) is 11.8. The maximum atomic E-state index is 13.0. The highest BCUT2D eigenvalue weighted by molar-refractivity contribution is 5.96. The van der Waals surface area contributed by atoms with Crippen LogP contribution in [0.15, 0.2) is 73.2 Å². The predicted molar refractivity (Wildman–Crippen MR) is 109 cm³/mol. The summed E-state index contributed by atoms with van der Waals surface area (Å²) in [5.41, 5.74) is 5.13. The number of pyridine rings is 1. The maximum absolute atomic E-state index is 13.0. The molecule has 4 rings (SSSR count). The van der Waals surface area contributed by atoms with Crippen LogP contribution in [0.4, 0.5) is 0 Å². The zero-order chi connectivity index (χ0) is 20.2. The molecule has 0 aliphatic rings. The van der Waals surface area contributed by atoms with Crippen LogP contribution in [0.3, 0.4) is 0 Å². The van der Waals surface area contributed by atoms with Gasteiger partial charge < -0.3 is 5.32 Å². The maximum Gasteiger partial charge on any atom is 0.251 e. The molecule has 144 valence electrons. The highest BCUT2D eigenvalue weighted by Crippen LogP contribution is 2.25. The van der Waals surface area contributed by atoms with Gasteiger partial charge in [-0.2, -0.15) is 0 Å². The van der Waals surface area contributed by atoms with Gasteiger partial charge in [-0.15, -0.1) is 5.10 Å². The Hall–Kier alpha value is -3.87. The molecule has 2 aromatic carbocycles. The molecule has 0 radical (unpaired) electrons. The fraction of sp³-hybridized carbons (Fsp3) is 0.136. The van der Waals surface area contributed by atoms with Crippen molar-refractivity contribution in [2.75, 3.05) is 0 Å². The number of hydrogen-bond donors (Lipinski definition) is 1. The second-order valence-electron chi connectivity index (χ2n) is 6.84. The molecule has 0 spiro atoms. The van der Waals surface area contributed by atoms with Gasteiger partial charge >= 0.3 is 0 Å². The van der Waals surface area contributed by atoms with Crippen molar-refractivity contribution in [1.29, 1.82) is 0 Å². The van der Waals surface area contributed by atoms with E-state index in [0.717, 1.165) is 16.8 Å². The fourth-order valence-corrected chi connectivity index (χ4v) is 3.05. The molecule has 1 atom stereocenters. The number of aromatic nitrogens is 5. The lowest BCUT2D eigenvalue weighted by Crippen LogP contribution is -2.27. The van der Waals surface area contributed by atoms with Gasteiger partial charge in [0.15, 0.2) is 0 Å². The van der Waals surface area contributed by atoms with E-state index < -0.39 is 0 Å². The van der Waals surface area contributed by atoms with Crippen molar-refractivity contribution >= 4 is 5.91 Å². The average Bonchev–Trinajstić information content (AvgIpc) is 3.29. The fourth-order valence-electron chi connectivity index (χ4n) is 3.05. The lowest BCUT2D eigenvalue weighted by atomic mass is 10.0. The molecule has 2 heterocycles. The standard InChI is InChI=1S/C22H20N6O/c1-15-6-8-17(9-7-15)18-11-19(13-20(12-18)28-14-24-26-27-28)22(29)25-16(2)21-5-3-4-10-23-21/h3-14,16H,1-2H3,(H,25,29). The molecular weight excluding hydrogens is 364 g/mol. The molecular formula is C22H20N6O. The second kappa shape index (κ2) is 8.02. The molecule has 7 heteroatoms. The molecule has 0 saturated carbocycles. The molecule has 2 aromatic heterocycles. The highest BCUT2D eigenvalue weighted by Gasteiger charge is 2.15. The van der Waals surface area contributed by atoms with Gasteiger partial charge in [-0.3, -0.25) is 9.78 Å². The minimum atomic E-state index is -0.219. The van der Waals surface area contributed by atoms with Crippen molar-refractivity contribution in [2.45, 2.75) is 19.9 Å². The summed E-state index contributed by atoms with van der Waals surface area (Å²) in [6, 6.07) is 19.2. The lowest BCUT2D eigenvalue weighted by Gasteiger charge is -2.15. The minimum absolute atomic E-state index is 0.188. The summed E-state index contributed by atoms with van der Waals surface area (Å²) in [4.78, 5) is 17.3. The van der Waals surface area contributed by atoms with E-state index in [2.05, 4.69) is 25.8 Å². The third-order valence-corrected chi connectivity index (χ3v) is 4.66. The van der Waals surface area contributed by atoms with Crippen LogP contribution >= 0.6 is 0 Å². The van der Waals surface area contributed by atoms with Gasteiger partial charge in [0.05, 0.1) is 17.4 Å². The van der Waals surface area contributed by atoms with Gasteiger partial charge in [-0.1, -0.05) is 35.9 Å². The van der Waals surface area contributed by atoms with Gasteiger partial charge in [-0.25, -0.2) is 4.68 Å². The number of carbonyl (C=O) groups excluding carboxylic acids is 1. The minimum Gasteiger partial charge on any atom is -0.344 e. The van der Waals surface area contributed by atoms with Gasteiger partial charge in [0.2, 0.25) is 0 Å². The molecule has 0 bridgehead atoms. The molecule has 0 saturated heterocycles. The number of tetrazole rings is 1. The number of rotatable bonds is 5. The van der Waals surface area contributed by atoms with Crippen molar-refractivity contribution < 1.29 is 4.79 Å². The van der Waals surface area contributed by atoms with E-state index in [1.165, 1.54) is 16.6 Å². The summed E-state index contributed by atoms with van der Waals surface area (Å²) in [6.07, 6.45) is 3.22. The SMILES string of the molecule is Cc1ccc(-c2cc(C(=O)NC(C)c3ccccn3)cc(-n3cnnn3)c2)cc1. The first-order valence-electron chi connectivity index (χ1n) is 9.27. The summed E-state index contributed by atoms with van der Waals surface area (Å²) >= 11 is 0. The summed E-state index contributed by atoms with van der Waals surface area (Å²) in [5, 5.41) is 14.4. The second-order valence-corrected chi connectivity index (χ2v) is 6.84. The number of benzene rings is 2. The molecule has 4 aromatic rings. The molecule has 0 fully saturated rings. The van der Waals surface area contributed by atoms with Crippen molar-refractivity contribution in [1.82, 2.24) is 30.5 Å². The first kappa shape index (κ1) is 18.5. The number of amides is 1. The molecule has 29 heavy (non-hydrogen) atoms. The summed E-state index contributed by atoms with van der Waals surface area (Å²) in [5.74, 6) is -0.188. The Balaban J connectivity index is 1.70. The van der Waals surface area contributed by atoms with E-state index in [1.54, 1.807) is 12.3 Å². The summed E-state index contributed by atoms with van der Waals surface area (Å²) in [7, 11) is 0. The monoisotopic (exact) mass is 384 g/mol. The largest absolute Gasteiger partial charge is 0.344 e. The van der Waals surface area contributed by atoms with Crippen molar-refractivity contribution in [2.24, 2.45) is 0 Å². The van der Waals surface area contributed by atoms with Crippen LogP contribution in [0.2, 0.25) is 0 Å². The molecule has 1 N–H and O–H groups in total. The molecule has 0 aliphatic carbocycles. The van der Waals surface area contributed by atoms with Crippen LogP contribution in [-0.2, 0) is 0 Å². The number of nitrogens with zero attached hydrogens (tertiary/aromatic N) is 5. The van der Waals surface area contributed by atoms with Crippen LogP contribution in [0, 0.1) is 6.92 Å². The molecule has 7 nitrogen and oxygen atoms in total. The van der Waals surface area contributed by atoms with E-state index in [9.17, 15) is 4.79 Å².